The first-order valence-corrected chi connectivity index (χ1v) is 27.1. The van der Waals surface area contributed by atoms with Crippen LogP contribution in [0.3, 0.4) is 0 Å². The third-order valence-electron chi connectivity index (χ3n) is 16.0. The molecule has 79 heavy (non-hydrogen) atoms. The van der Waals surface area contributed by atoms with Gasteiger partial charge >= 0.3 is 0 Å². The van der Waals surface area contributed by atoms with Crippen molar-refractivity contribution in [2.45, 2.75) is 12.0 Å². The molecule has 0 fully saturated rings. The van der Waals surface area contributed by atoms with E-state index >= 15 is 0 Å². The first kappa shape index (κ1) is 47.2. The number of nitrogens with one attached hydrogen (secondary N) is 2. The second kappa shape index (κ2) is 20.1. The van der Waals surface area contributed by atoms with Crippen molar-refractivity contribution in [3.63, 3.8) is 0 Å². The SMILES string of the molecule is N=C(NC(=NCc1ccc2c(c1)C1(c3ccccc3-c3ccccc31)c1ccccc1-2)c1cccc(-c2cc(-c3ccccc3)cc(-c3ccccc3)c2)c1)c1cccc(-c2cc(-c3ccccc3)cc(-c3ccccc3)c2)c1. The van der Waals surface area contributed by atoms with Crippen LogP contribution in [-0.2, 0) is 12.0 Å². The highest BCUT2D eigenvalue weighted by Gasteiger charge is 2.51. The lowest BCUT2D eigenvalue weighted by Crippen LogP contribution is -2.31. The van der Waals surface area contributed by atoms with Gasteiger partial charge in [-0.3, -0.25) is 10.4 Å². The number of aliphatic imine (C=N–C) groups is 1. The van der Waals surface area contributed by atoms with Crippen LogP contribution in [0.15, 0.2) is 302 Å². The maximum absolute atomic E-state index is 9.90. The molecule has 0 aromatic heterocycles. The molecule has 0 saturated heterocycles. The highest BCUT2D eigenvalue weighted by Crippen LogP contribution is 2.62. The zero-order chi connectivity index (χ0) is 52.7. The van der Waals surface area contributed by atoms with Crippen LogP contribution in [0, 0.1) is 5.41 Å². The Morgan fingerprint density at radius 2 is 0.633 bits per heavy atom. The van der Waals surface area contributed by atoms with Crippen LogP contribution in [0.4, 0.5) is 0 Å². The molecule has 3 nitrogen and oxygen atoms in total. The van der Waals surface area contributed by atoms with Crippen molar-refractivity contribution in [1.82, 2.24) is 5.32 Å². The van der Waals surface area contributed by atoms with Gasteiger partial charge in [-0.2, -0.15) is 0 Å². The fourth-order valence-corrected chi connectivity index (χ4v) is 12.3. The van der Waals surface area contributed by atoms with Gasteiger partial charge in [0.1, 0.15) is 11.7 Å². The van der Waals surface area contributed by atoms with Gasteiger partial charge in [0.2, 0.25) is 0 Å². The molecule has 2 N–H and O–H groups in total. The predicted molar refractivity (Wildman–Crippen MR) is 328 cm³/mol. The molecule has 0 aliphatic heterocycles. The second-order valence-corrected chi connectivity index (χ2v) is 20.7. The Labute approximate surface area is 462 Å². The van der Waals surface area contributed by atoms with Crippen LogP contribution in [0.2, 0.25) is 0 Å². The Morgan fingerprint density at radius 3 is 1.06 bits per heavy atom. The lowest BCUT2D eigenvalue weighted by Gasteiger charge is -2.30. The summed E-state index contributed by atoms with van der Waals surface area (Å²) in [6, 6.07) is 107. The van der Waals surface area contributed by atoms with E-state index in [0.29, 0.717) is 12.4 Å². The van der Waals surface area contributed by atoms with Crippen molar-refractivity contribution in [1.29, 1.82) is 5.41 Å². The van der Waals surface area contributed by atoms with E-state index < -0.39 is 5.41 Å². The van der Waals surface area contributed by atoms with E-state index in [4.69, 9.17) is 4.99 Å². The van der Waals surface area contributed by atoms with Crippen LogP contribution in [0.5, 0.6) is 0 Å². The van der Waals surface area contributed by atoms with Gasteiger partial charge in [-0.15, -0.1) is 0 Å². The van der Waals surface area contributed by atoms with E-state index in [1.54, 1.807) is 0 Å². The van der Waals surface area contributed by atoms with E-state index in [1.165, 1.54) is 44.5 Å². The van der Waals surface area contributed by atoms with Crippen LogP contribution in [0.1, 0.15) is 38.9 Å². The van der Waals surface area contributed by atoms with Crippen LogP contribution in [-0.4, -0.2) is 11.7 Å². The maximum Gasteiger partial charge on any atom is 0.134 e. The Bertz CT molecular complexity index is 4130. The zero-order valence-electron chi connectivity index (χ0n) is 43.4. The van der Waals surface area contributed by atoms with E-state index in [2.05, 4.69) is 297 Å². The van der Waals surface area contributed by atoms with Crippen LogP contribution >= 0.6 is 0 Å². The van der Waals surface area contributed by atoms with Gasteiger partial charge < -0.3 is 5.32 Å². The Hall–Kier alpha value is -10.2. The molecular formula is C76H53N3. The van der Waals surface area contributed by atoms with E-state index in [1.807, 2.05) is 6.07 Å². The molecule has 1 spiro atoms. The maximum atomic E-state index is 9.90. The van der Waals surface area contributed by atoms with Crippen LogP contribution in [0.25, 0.3) is 89.0 Å². The van der Waals surface area contributed by atoms with Gasteiger partial charge in [-0.25, -0.2) is 0 Å². The molecule has 0 atom stereocenters. The molecule has 12 aromatic carbocycles. The van der Waals surface area contributed by atoms with E-state index in [9.17, 15) is 5.41 Å². The normalized spacial score (nSPS) is 12.6. The smallest absolute Gasteiger partial charge is 0.134 e. The van der Waals surface area contributed by atoms with Gasteiger partial charge in [0.15, 0.2) is 0 Å². The molecule has 372 valence electrons. The third kappa shape index (κ3) is 8.59. The molecule has 2 aliphatic rings. The van der Waals surface area contributed by atoms with Crippen molar-refractivity contribution < 1.29 is 0 Å². The van der Waals surface area contributed by atoms with Gasteiger partial charge in [0, 0.05) is 11.1 Å². The summed E-state index contributed by atoms with van der Waals surface area (Å²) < 4.78 is 0. The van der Waals surface area contributed by atoms with Crippen molar-refractivity contribution in [2.24, 2.45) is 4.99 Å². The first-order valence-electron chi connectivity index (χ1n) is 27.1. The Morgan fingerprint density at radius 1 is 0.291 bits per heavy atom. The molecule has 0 saturated carbocycles. The molecular weight excluding hydrogens is 955 g/mol. The molecule has 0 bridgehead atoms. The molecule has 0 unspecified atom stereocenters. The highest BCUT2D eigenvalue weighted by molar-refractivity contribution is 6.14. The molecule has 12 aromatic rings. The van der Waals surface area contributed by atoms with Gasteiger partial charge in [0.25, 0.3) is 0 Å². The average molecular weight is 1010 g/mol. The summed E-state index contributed by atoms with van der Waals surface area (Å²) in [5.41, 5.74) is 26.0. The molecule has 0 amide bonds. The number of fused-ring (bicyclic) bond motifs is 10. The number of benzene rings is 12. The van der Waals surface area contributed by atoms with Crippen molar-refractivity contribution >= 4 is 11.7 Å². The van der Waals surface area contributed by atoms with Gasteiger partial charge in [-0.1, -0.05) is 249 Å². The van der Waals surface area contributed by atoms with Crippen molar-refractivity contribution in [3.05, 3.63) is 336 Å². The fourth-order valence-electron chi connectivity index (χ4n) is 12.3. The molecule has 0 radical (unpaired) electrons. The number of nitrogens with zero attached hydrogens (tertiary/aromatic N) is 1. The summed E-state index contributed by atoms with van der Waals surface area (Å²) in [7, 11) is 0. The highest BCUT2D eigenvalue weighted by atomic mass is 15.0. The number of amidine groups is 2. The number of hydrogen-bond acceptors (Lipinski definition) is 2. The standard InChI is InChI=1S/C76H53N3/c77-74(58-31-19-29-56(42-58)64-46-60(52-21-5-1-6-22-52)44-61(47-64)53-23-7-2-8-24-53)79-75(59-32-20-30-57(43-59)65-48-62(54-25-9-3-10-26-54)45-63(49-65)55-27-11-4-12-28-55)78-50-51-39-40-69-68-35-15-18-38-72(68)76(73(69)41-51)70-36-16-13-33-66(70)67-34-14-17-37-71(67)76/h1-49H,50H2,(H2,77,78,79). The number of rotatable bonds is 10. The van der Waals surface area contributed by atoms with Crippen LogP contribution < -0.4 is 5.32 Å². The zero-order valence-corrected chi connectivity index (χ0v) is 43.4. The predicted octanol–water partition coefficient (Wildman–Crippen LogP) is 18.6. The summed E-state index contributed by atoms with van der Waals surface area (Å²) in [6.07, 6.45) is 0. The minimum atomic E-state index is -0.462. The summed E-state index contributed by atoms with van der Waals surface area (Å²) in [5.74, 6) is 0.876. The monoisotopic (exact) mass is 1010 g/mol. The van der Waals surface area contributed by atoms with Gasteiger partial charge in [-0.05, 0) is 165 Å². The summed E-state index contributed by atoms with van der Waals surface area (Å²) in [6.45, 7) is 0.388. The second-order valence-electron chi connectivity index (χ2n) is 20.7. The fraction of sp³-hybridized carbons (Fsp3) is 0.0263. The Kier molecular flexibility index (Phi) is 12.0. The summed E-state index contributed by atoms with van der Waals surface area (Å²) in [5, 5.41) is 13.5. The minimum Gasteiger partial charge on any atom is -0.325 e. The first-order chi connectivity index (χ1) is 39.0. The topological polar surface area (TPSA) is 48.2 Å². The molecule has 14 rings (SSSR count). The lowest BCUT2D eigenvalue weighted by atomic mass is 9.70. The Balaban J connectivity index is 0.876. The van der Waals surface area contributed by atoms with Gasteiger partial charge in [0.05, 0.1) is 12.0 Å². The van der Waals surface area contributed by atoms with Crippen molar-refractivity contribution in [2.75, 3.05) is 0 Å². The van der Waals surface area contributed by atoms with E-state index in [0.717, 1.165) is 83.5 Å². The molecule has 0 heterocycles. The largest absolute Gasteiger partial charge is 0.325 e. The minimum absolute atomic E-state index is 0.258. The summed E-state index contributed by atoms with van der Waals surface area (Å²) in [4.78, 5) is 5.51. The number of hydrogen-bond donors (Lipinski definition) is 2. The van der Waals surface area contributed by atoms with Crippen molar-refractivity contribution in [3.8, 4) is 89.0 Å². The average Bonchev–Trinajstić information content (AvgIpc) is 2.95. The lowest BCUT2D eigenvalue weighted by molar-refractivity contribution is 0.791. The van der Waals surface area contributed by atoms with E-state index in [-0.39, 0.29) is 5.84 Å². The third-order valence-corrected chi connectivity index (χ3v) is 16.0. The quantitative estimate of drug-likeness (QED) is 0.104. The molecule has 3 heteroatoms. The molecule has 2 aliphatic carbocycles. The summed E-state index contributed by atoms with van der Waals surface area (Å²) >= 11 is 0.